The molecule has 0 fully saturated rings. The van der Waals surface area contributed by atoms with Crippen molar-refractivity contribution in [2.75, 3.05) is 6.61 Å². The predicted molar refractivity (Wildman–Crippen MR) is 71.8 cm³/mol. The Labute approximate surface area is 107 Å². The lowest BCUT2D eigenvalue weighted by Gasteiger charge is -2.05. The maximum absolute atomic E-state index is 9.96. The minimum atomic E-state index is 0.234. The number of aliphatic hydroxyl groups excluding tert-OH is 1. The molecule has 18 heavy (non-hydrogen) atoms. The lowest BCUT2D eigenvalue weighted by molar-refractivity contribution is 0.288. The molecule has 0 aromatic heterocycles. The van der Waals surface area contributed by atoms with E-state index in [0.29, 0.717) is 5.75 Å². The molecule has 2 aromatic carbocycles. The van der Waals surface area contributed by atoms with Crippen molar-refractivity contribution >= 4 is 0 Å². The van der Waals surface area contributed by atoms with Gasteiger partial charge in [-0.1, -0.05) is 30.3 Å². The highest BCUT2D eigenvalue weighted by molar-refractivity contribution is 5.81. The Bertz CT molecular complexity index is 588. The number of aromatic hydroxyl groups is 1. The summed E-state index contributed by atoms with van der Waals surface area (Å²) in [4.78, 5) is 0. The second-order valence-electron chi connectivity index (χ2n) is 4.81. The molecule has 1 aliphatic carbocycles. The first-order valence-electron chi connectivity index (χ1n) is 6.33. The van der Waals surface area contributed by atoms with Gasteiger partial charge in [-0.05, 0) is 47.6 Å². The van der Waals surface area contributed by atoms with Gasteiger partial charge in [0.2, 0.25) is 0 Å². The molecule has 0 saturated carbocycles. The van der Waals surface area contributed by atoms with Crippen LogP contribution in [0.3, 0.4) is 0 Å². The zero-order valence-electron chi connectivity index (χ0n) is 10.2. The molecule has 0 saturated heterocycles. The summed E-state index contributed by atoms with van der Waals surface area (Å²) in [6.07, 6.45) is 2.61. The molecule has 2 heteroatoms. The monoisotopic (exact) mass is 240 g/mol. The number of rotatable bonds is 3. The molecule has 2 aromatic rings. The van der Waals surface area contributed by atoms with Crippen molar-refractivity contribution in [3.8, 4) is 16.9 Å². The fourth-order valence-electron chi connectivity index (χ4n) is 2.73. The molecule has 0 atom stereocenters. The van der Waals surface area contributed by atoms with Gasteiger partial charge in [-0.15, -0.1) is 0 Å². The zero-order chi connectivity index (χ0) is 12.5. The van der Waals surface area contributed by atoms with Crippen LogP contribution in [0.5, 0.6) is 5.75 Å². The van der Waals surface area contributed by atoms with Crippen molar-refractivity contribution in [3.05, 3.63) is 53.1 Å². The number of phenols is 1. The van der Waals surface area contributed by atoms with E-state index in [2.05, 4.69) is 24.3 Å². The van der Waals surface area contributed by atoms with E-state index in [0.717, 1.165) is 30.4 Å². The van der Waals surface area contributed by atoms with Crippen molar-refractivity contribution in [2.45, 2.75) is 19.3 Å². The van der Waals surface area contributed by atoms with Gasteiger partial charge in [-0.25, -0.2) is 0 Å². The highest BCUT2D eigenvalue weighted by Crippen LogP contribution is 2.42. The van der Waals surface area contributed by atoms with E-state index in [1.165, 1.54) is 16.7 Å². The minimum absolute atomic E-state index is 0.234. The Morgan fingerprint density at radius 1 is 1.06 bits per heavy atom. The Morgan fingerprint density at radius 2 is 1.94 bits per heavy atom. The summed E-state index contributed by atoms with van der Waals surface area (Å²) in [7, 11) is 0. The van der Waals surface area contributed by atoms with E-state index < -0.39 is 0 Å². The molecule has 1 aliphatic rings. The van der Waals surface area contributed by atoms with Crippen LogP contribution in [0, 0.1) is 0 Å². The first kappa shape index (κ1) is 11.3. The minimum Gasteiger partial charge on any atom is -0.507 e. The van der Waals surface area contributed by atoms with E-state index >= 15 is 0 Å². The molecule has 0 unspecified atom stereocenters. The number of fused-ring (bicyclic) bond motifs is 3. The summed E-state index contributed by atoms with van der Waals surface area (Å²) in [5.41, 5.74) is 5.87. The largest absolute Gasteiger partial charge is 0.507 e. The fraction of sp³-hybridized carbons (Fsp3) is 0.250. The van der Waals surface area contributed by atoms with Crippen LogP contribution in [0.15, 0.2) is 36.4 Å². The molecule has 0 spiro atoms. The first-order chi connectivity index (χ1) is 8.79. The number of hydrogen-bond acceptors (Lipinski definition) is 2. The van der Waals surface area contributed by atoms with Gasteiger partial charge in [-0.2, -0.15) is 0 Å². The average Bonchev–Trinajstić information content (AvgIpc) is 2.75. The van der Waals surface area contributed by atoms with E-state index in [1.54, 1.807) is 6.07 Å². The molecule has 2 N–H and O–H groups in total. The fourth-order valence-corrected chi connectivity index (χ4v) is 2.73. The van der Waals surface area contributed by atoms with Crippen LogP contribution < -0.4 is 0 Å². The lowest BCUT2D eigenvalue weighted by Crippen LogP contribution is -1.91. The third kappa shape index (κ3) is 1.79. The predicted octanol–water partition coefficient (Wildman–Crippen LogP) is 2.89. The molecular formula is C16H16O2. The summed E-state index contributed by atoms with van der Waals surface area (Å²) in [6.45, 7) is 0.234. The summed E-state index contributed by atoms with van der Waals surface area (Å²) in [5.74, 6) is 0.370. The van der Waals surface area contributed by atoms with Gasteiger partial charge in [0.15, 0.2) is 0 Å². The van der Waals surface area contributed by atoms with Crippen LogP contribution in [0.1, 0.15) is 23.1 Å². The Morgan fingerprint density at radius 3 is 2.78 bits per heavy atom. The quantitative estimate of drug-likeness (QED) is 0.739. The maximum Gasteiger partial charge on any atom is 0.123 e. The van der Waals surface area contributed by atoms with Gasteiger partial charge in [0.25, 0.3) is 0 Å². The lowest BCUT2D eigenvalue weighted by atomic mass is 10.0. The Hall–Kier alpha value is -1.80. The molecule has 3 rings (SSSR count). The van der Waals surface area contributed by atoms with Crippen LogP contribution in [-0.4, -0.2) is 16.8 Å². The number of aliphatic hydroxyl groups is 1. The molecule has 92 valence electrons. The molecule has 0 heterocycles. The van der Waals surface area contributed by atoms with E-state index in [9.17, 15) is 5.11 Å². The summed E-state index contributed by atoms with van der Waals surface area (Å²) >= 11 is 0. The smallest absolute Gasteiger partial charge is 0.123 e. The number of phenolic OH excluding ortho intramolecular Hbond substituents is 1. The third-order valence-electron chi connectivity index (χ3n) is 3.57. The summed E-state index contributed by atoms with van der Waals surface area (Å²) in [5, 5.41) is 18.8. The molecular weight excluding hydrogens is 224 g/mol. The topological polar surface area (TPSA) is 40.5 Å². The van der Waals surface area contributed by atoms with Crippen molar-refractivity contribution in [1.29, 1.82) is 0 Å². The van der Waals surface area contributed by atoms with E-state index in [4.69, 9.17) is 5.11 Å². The molecule has 0 aliphatic heterocycles. The molecule has 0 radical (unpaired) electrons. The van der Waals surface area contributed by atoms with Crippen LogP contribution in [0.25, 0.3) is 11.1 Å². The second-order valence-corrected chi connectivity index (χ2v) is 4.81. The highest BCUT2D eigenvalue weighted by atomic mass is 16.3. The highest BCUT2D eigenvalue weighted by Gasteiger charge is 2.21. The maximum atomic E-state index is 9.96. The standard InChI is InChI=1S/C16H16O2/c17-8-2-3-11-6-7-14-13(9-11)10-12-4-1-5-15(18)16(12)14/h1,4-7,9,17-18H,2-3,8,10H2. The van der Waals surface area contributed by atoms with Crippen molar-refractivity contribution in [3.63, 3.8) is 0 Å². The Balaban J connectivity index is 2.00. The average molecular weight is 240 g/mol. The normalized spacial score (nSPS) is 12.3. The van der Waals surface area contributed by atoms with Gasteiger partial charge in [0.1, 0.15) is 5.75 Å². The molecule has 2 nitrogen and oxygen atoms in total. The van der Waals surface area contributed by atoms with E-state index in [-0.39, 0.29) is 6.61 Å². The number of benzene rings is 2. The molecule has 0 amide bonds. The van der Waals surface area contributed by atoms with Crippen molar-refractivity contribution < 1.29 is 10.2 Å². The van der Waals surface area contributed by atoms with Crippen molar-refractivity contribution in [1.82, 2.24) is 0 Å². The summed E-state index contributed by atoms with van der Waals surface area (Å²) < 4.78 is 0. The van der Waals surface area contributed by atoms with E-state index in [1.807, 2.05) is 6.07 Å². The van der Waals surface area contributed by atoms with Crippen LogP contribution in [0.2, 0.25) is 0 Å². The van der Waals surface area contributed by atoms with Gasteiger partial charge < -0.3 is 10.2 Å². The van der Waals surface area contributed by atoms with Crippen molar-refractivity contribution in [2.24, 2.45) is 0 Å². The van der Waals surface area contributed by atoms with Crippen LogP contribution >= 0.6 is 0 Å². The van der Waals surface area contributed by atoms with Gasteiger partial charge in [0.05, 0.1) is 0 Å². The first-order valence-corrected chi connectivity index (χ1v) is 6.33. The van der Waals surface area contributed by atoms with Gasteiger partial charge in [0, 0.05) is 12.2 Å². The van der Waals surface area contributed by atoms with Gasteiger partial charge >= 0.3 is 0 Å². The third-order valence-corrected chi connectivity index (χ3v) is 3.57. The number of hydrogen-bond donors (Lipinski definition) is 2. The zero-order valence-corrected chi connectivity index (χ0v) is 10.2. The second kappa shape index (κ2) is 4.46. The number of aryl methyl sites for hydroxylation is 1. The van der Waals surface area contributed by atoms with Crippen LogP contribution in [-0.2, 0) is 12.8 Å². The van der Waals surface area contributed by atoms with Gasteiger partial charge in [-0.3, -0.25) is 0 Å². The summed E-state index contributed by atoms with van der Waals surface area (Å²) in [6, 6.07) is 12.1. The Kier molecular flexibility index (Phi) is 2.80. The van der Waals surface area contributed by atoms with Crippen LogP contribution in [0.4, 0.5) is 0 Å². The molecule has 0 bridgehead atoms. The SMILES string of the molecule is OCCCc1ccc2c(c1)Cc1cccc(O)c1-2.